The van der Waals surface area contributed by atoms with Gasteiger partial charge in [0, 0.05) is 10.9 Å². The van der Waals surface area contributed by atoms with Gasteiger partial charge in [-0.05, 0) is 36.6 Å². The summed E-state index contributed by atoms with van der Waals surface area (Å²) in [5.41, 5.74) is 1.02. The van der Waals surface area contributed by atoms with Gasteiger partial charge in [-0.25, -0.2) is 0 Å². The number of hydrogen-bond donors (Lipinski definition) is 0. The maximum Gasteiger partial charge on any atom is 0.176 e. The summed E-state index contributed by atoms with van der Waals surface area (Å²) in [4.78, 5) is 11.7. The van der Waals surface area contributed by atoms with Crippen LogP contribution in [-0.2, 0) is 4.79 Å². The van der Waals surface area contributed by atoms with Gasteiger partial charge in [0.2, 0.25) is 0 Å². The van der Waals surface area contributed by atoms with Gasteiger partial charge >= 0.3 is 0 Å². The van der Waals surface area contributed by atoms with E-state index in [-0.39, 0.29) is 17.3 Å². The predicted molar refractivity (Wildman–Crippen MR) is 62.8 cm³/mol. The molecule has 0 N–H and O–H groups in total. The quantitative estimate of drug-likeness (QED) is 0.592. The Morgan fingerprint density at radius 3 is 2.81 bits per heavy atom. The third kappa shape index (κ3) is 2.50. The number of Topliss-reactive ketones (excluding diaryl/α,β-unsaturated/α-hetero) is 1. The monoisotopic (exact) mass is 231 g/mol. The average Bonchev–Trinajstić information content (AvgIpc) is 3.09. The SMILES string of the molecule is N#CC(=Cc1cccc(Cl)c1)C(=O)C1CC1. The van der Waals surface area contributed by atoms with E-state index in [0.717, 1.165) is 18.4 Å². The number of halogens is 1. The highest BCUT2D eigenvalue weighted by atomic mass is 35.5. The molecule has 1 aromatic carbocycles. The molecule has 3 heteroatoms. The third-order valence-electron chi connectivity index (χ3n) is 2.49. The number of benzene rings is 1. The molecule has 0 radical (unpaired) electrons. The number of ketones is 1. The Morgan fingerprint density at radius 2 is 2.25 bits per heavy atom. The minimum Gasteiger partial charge on any atom is -0.293 e. The molecule has 1 aliphatic carbocycles. The molecule has 16 heavy (non-hydrogen) atoms. The summed E-state index contributed by atoms with van der Waals surface area (Å²) < 4.78 is 0. The molecule has 1 saturated carbocycles. The molecule has 2 nitrogen and oxygen atoms in total. The van der Waals surface area contributed by atoms with Crippen LogP contribution < -0.4 is 0 Å². The van der Waals surface area contributed by atoms with E-state index in [4.69, 9.17) is 16.9 Å². The summed E-state index contributed by atoms with van der Waals surface area (Å²) in [6, 6.07) is 9.07. The van der Waals surface area contributed by atoms with Gasteiger partial charge in [0.15, 0.2) is 5.78 Å². The summed E-state index contributed by atoms with van der Waals surface area (Å²) >= 11 is 5.83. The highest BCUT2D eigenvalue weighted by Gasteiger charge is 2.31. The van der Waals surface area contributed by atoms with Crippen molar-refractivity contribution in [1.29, 1.82) is 5.26 Å². The first-order valence-corrected chi connectivity index (χ1v) is 5.50. The topological polar surface area (TPSA) is 40.9 Å². The van der Waals surface area contributed by atoms with Crippen molar-refractivity contribution in [2.75, 3.05) is 0 Å². The van der Waals surface area contributed by atoms with Crippen LogP contribution in [0.5, 0.6) is 0 Å². The Labute approximate surface area is 99.1 Å². The zero-order chi connectivity index (χ0) is 11.5. The van der Waals surface area contributed by atoms with E-state index >= 15 is 0 Å². The molecule has 0 spiro atoms. The second-order valence-corrected chi connectivity index (χ2v) is 4.30. The molecule has 0 aromatic heterocycles. The maximum absolute atomic E-state index is 11.7. The van der Waals surface area contributed by atoms with Crippen molar-refractivity contribution in [2.24, 2.45) is 5.92 Å². The maximum atomic E-state index is 11.7. The van der Waals surface area contributed by atoms with Crippen molar-refractivity contribution < 1.29 is 4.79 Å². The molecule has 1 fully saturated rings. The fourth-order valence-corrected chi connectivity index (χ4v) is 1.69. The van der Waals surface area contributed by atoms with E-state index in [1.165, 1.54) is 0 Å². The molecule has 80 valence electrons. The van der Waals surface area contributed by atoms with Crippen LogP contribution in [0.1, 0.15) is 18.4 Å². The molecule has 0 unspecified atom stereocenters. The lowest BCUT2D eigenvalue weighted by molar-refractivity contribution is -0.116. The van der Waals surface area contributed by atoms with Gasteiger partial charge in [0.05, 0.1) is 5.57 Å². The molecular weight excluding hydrogens is 222 g/mol. The zero-order valence-corrected chi connectivity index (χ0v) is 9.37. The minimum absolute atomic E-state index is 0.0394. The average molecular weight is 232 g/mol. The number of carbonyl (C=O) groups excluding carboxylic acids is 1. The van der Waals surface area contributed by atoms with Gasteiger partial charge in [-0.1, -0.05) is 23.7 Å². The summed E-state index contributed by atoms with van der Waals surface area (Å²) in [5, 5.41) is 9.53. The van der Waals surface area contributed by atoms with Crippen LogP contribution in [0.25, 0.3) is 6.08 Å². The molecule has 0 heterocycles. The molecule has 0 saturated heterocycles. The normalized spacial score (nSPS) is 15.6. The highest BCUT2D eigenvalue weighted by molar-refractivity contribution is 6.30. The molecule has 2 rings (SSSR count). The first-order valence-electron chi connectivity index (χ1n) is 5.12. The molecule has 0 bridgehead atoms. The standard InChI is InChI=1S/C13H10ClNO/c14-12-3-1-2-9(7-12)6-11(8-15)13(16)10-4-5-10/h1-3,6-7,10H,4-5H2. The van der Waals surface area contributed by atoms with E-state index in [0.29, 0.717) is 5.02 Å². The van der Waals surface area contributed by atoms with Crippen molar-refractivity contribution in [2.45, 2.75) is 12.8 Å². The van der Waals surface area contributed by atoms with Crippen LogP contribution in [-0.4, -0.2) is 5.78 Å². The third-order valence-corrected chi connectivity index (χ3v) is 2.73. The summed E-state index contributed by atoms with van der Waals surface area (Å²) in [5.74, 6) is 0.0348. The van der Waals surface area contributed by atoms with Crippen LogP contribution in [0.15, 0.2) is 29.8 Å². The van der Waals surface area contributed by atoms with Gasteiger partial charge in [-0.2, -0.15) is 5.26 Å². The molecule has 1 aromatic rings. The van der Waals surface area contributed by atoms with Gasteiger partial charge in [0.1, 0.15) is 6.07 Å². The Bertz CT molecular complexity index is 495. The predicted octanol–water partition coefficient (Wildman–Crippen LogP) is 3.23. The molecule has 1 aliphatic rings. The number of nitriles is 1. The van der Waals surface area contributed by atoms with Gasteiger partial charge in [-0.3, -0.25) is 4.79 Å². The zero-order valence-electron chi connectivity index (χ0n) is 8.61. The lowest BCUT2D eigenvalue weighted by Crippen LogP contribution is -2.02. The number of rotatable bonds is 3. The largest absolute Gasteiger partial charge is 0.293 e. The second kappa shape index (κ2) is 4.51. The van der Waals surface area contributed by atoms with E-state index in [1.54, 1.807) is 24.3 Å². The van der Waals surface area contributed by atoms with E-state index < -0.39 is 0 Å². The fourth-order valence-electron chi connectivity index (χ4n) is 1.49. The van der Waals surface area contributed by atoms with E-state index in [2.05, 4.69) is 0 Å². The second-order valence-electron chi connectivity index (χ2n) is 3.86. The van der Waals surface area contributed by atoms with Crippen molar-refractivity contribution >= 4 is 23.5 Å². The van der Waals surface area contributed by atoms with Crippen LogP contribution >= 0.6 is 11.6 Å². The lowest BCUT2D eigenvalue weighted by Gasteiger charge is -1.97. The molecule has 0 amide bonds. The van der Waals surface area contributed by atoms with Crippen LogP contribution in [0.4, 0.5) is 0 Å². The van der Waals surface area contributed by atoms with Gasteiger partial charge in [0.25, 0.3) is 0 Å². The van der Waals surface area contributed by atoms with E-state index in [1.807, 2.05) is 12.1 Å². The first kappa shape index (κ1) is 10.9. The summed E-state index contributed by atoms with van der Waals surface area (Å²) in [6.07, 6.45) is 3.42. The van der Waals surface area contributed by atoms with Gasteiger partial charge in [-0.15, -0.1) is 0 Å². The minimum atomic E-state index is -0.0394. The Hall–Kier alpha value is -1.59. The summed E-state index contributed by atoms with van der Waals surface area (Å²) in [6.45, 7) is 0. The van der Waals surface area contributed by atoms with Gasteiger partial charge < -0.3 is 0 Å². The Kier molecular flexibility index (Phi) is 3.07. The van der Waals surface area contributed by atoms with E-state index in [9.17, 15) is 4.79 Å². The molecular formula is C13H10ClNO. The fraction of sp³-hybridized carbons (Fsp3) is 0.231. The lowest BCUT2D eigenvalue weighted by atomic mass is 10.1. The van der Waals surface area contributed by atoms with Crippen molar-refractivity contribution in [3.8, 4) is 6.07 Å². The van der Waals surface area contributed by atoms with Crippen LogP contribution in [0, 0.1) is 17.2 Å². The first-order chi connectivity index (χ1) is 7.70. The highest BCUT2D eigenvalue weighted by Crippen LogP contribution is 2.32. The van der Waals surface area contributed by atoms with Crippen molar-refractivity contribution in [3.63, 3.8) is 0 Å². The van der Waals surface area contributed by atoms with Crippen LogP contribution in [0.3, 0.4) is 0 Å². The molecule has 0 aliphatic heterocycles. The smallest absolute Gasteiger partial charge is 0.176 e. The number of allylic oxidation sites excluding steroid dienone is 1. The van der Waals surface area contributed by atoms with Crippen LogP contribution in [0.2, 0.25) is 5.02 Å². The summed E-state index contributed by atoms with van der Waals surface area (Å²) in [7, 11) is 0. The number of nitrogens with zero attached hydrogens (tertiary/aromatic N) is 1. The Balaban J connectivity index is 2.27. The molecule has 0 atom stereocenters. The Morgan fingerprint density at radius 1 is 1.50 bits per heavy atom. The van der Waals surface area contributed by atoms with Crippen molar-refractivity contribution in [3.05, 3.63) is 40.4 Å². The number of hydrogen-bond acceptors (Lipinski definition) is 2. The number of carbonyl (C=O) groups is 1. The van der Waals surface area contributed by atoms with Crippen molar-refractivity contribution in [1.82, 2.24) is 0 Å².